The third-order valence-corrected chi connectivity index (χ3v) is 3.10. The van der Waals surface area contributed by atoms with E-state index in [0.29, 0.717) is 12.1 Å². The average Bonchev–Trinajstić information content (AvgIpc) is 3.04. The van der Waals surface area contributed by atoms with Crippen LogP contribution in [0.2, 0.25) is 0 Å². The average molecular weight is 284 g/mol. The van der Waals surface area contributed by atoms with E-state index in [4.69, 9.17) is 0 Å². The quantitative estimate of drug-likeness (QED) is 0.773. The van der Waals surface area contributed by atoms with Gasteiger partial charge in [0.15, 0.2) is 11.6 Å². The summed E-state index contributed by atoms with van der Waals surface area (Å²) in [7, 11) is 0. The number of hydrogen-bond donors (Lipinski definition) is 2. The van der Waals surface area contributed by atoms with Crippen LogP contribution >= 0.6 is 0 Å². The van der Waals surface area contributed by atoms with Gasteiger partial charge in [0.25, 0.3) is 0 Å². The number of phenolic OH excluding ortho intramolecular Hbond substituents is 1. The van der Waals surface area contributed by atoms with Crippen molar-refractivity contribution < 1.29 is 9.50 Å². The van der Waals surface area contributed by atoms with Gasteiger partial charge in [-0.3, -0.25) is 0 Å². The van der Waals surface area contributed by atoms with Gasteiger partial charge in [-0.15, -0.1) is 0 Å². The van der Waals surface area contributed by atoms with Gasteiger partial charge < -0.3 is 10.4 Å². The molecule has 21 heavy (non-hydrogen) atoms. The van der Waals surface area contributed by atoms with Crippen LogP contribution < -0.4 is 5.32 Å². The minimum absolute atomic E-state index is 0.316. The first kappa shape index (κ1) is 13.1. The lowest BCUT2D eigenvalue weighted by Gasteiger charge is -2.09. The SMILES string of the molecule is Oc1c(F)cccc1CNc1ccc(-n2cncn2)cc1. The van der Waals surface area contributed by atoms with Crippen LogP contribution in [0.5, 0.6) is 5.75 Å². The number of benzene rings is 2. The first-order chi connectivity index (χ1) is 10.2. The zero-order chi connectivity index (χ0) is 14.7. The van der Waals surface area contributed by atoms with Gasteiger partial charge in [-0.05, 0) is 30.3 Å². The molecule has 6 heteroatoms. The van der Waals surface area contributed by atoms with Gasteiger partial charge in [-0.1, -0.05) is 12.1 Å². The summed E-state index contributed by atoms with van der Waals surface area (Å²) in [6.45, 7) is 0.340. The molecule has 0 saturated heterocycles. The molecule has 2 N–H and O–H groups in total. The molecule has 0 aliphatic rings. The summed E-state index contributed by atoms with van der Waals surface area (Å²) in [6.07, 6.45) is 3.09. The van der Waals surface area contributed by atoms with E-state index in [1.807, 2.05) is 24.3 Å². The highest BCUT2D eigenvalue weighted by Gasteiger charge is 2.06. The Morgan fingerprint density at radius 2 is 1.95 bits per heavy atom. The third kappa shape index (κ3) is 2.84. The predicted molar refractivity (Wildman–Crippen MR) is 76.8 cm³/mol. The lowest BCUT2D eigenvalue weighted by atomic mass is 10.2. The molecular weight excluding hydrogens is 271 g/mol. The molecule has 0 spiro atoms. The van der Waals surface area contributed by atoms with Gasteiger partial charge in [0, 0.05) is 17.8 Å². The Hall–Kier alpha value is -2.89. The Balaban J connectivity index is 1.70. The molecular formula is C15H13FN4O. The molecule has 2 aromatic carbocycles. The molecule has 0 aliphatic carbocycles. The number of nitrogens with one attached hydrogen (secondary N) is 1. The summed E-state index contributed by atoms with van der Waals surface area (Å²) >= 11 is 0. The normalized spacial score (nSPS) is 10.5. The van der Waals surface area contributed by atoms with Gasteiger partial charge in [0.2, 0.25) is 0 Å². The summed E-state index contributed by atoms with van der Waals surface area (Å²) in [5, 5.41) is 16.8. The fraction of sp³-hybridized carbons (Fsp3) is 0.0667. The second kappa shape index (κ2) is 5.62. The molecule has 1 heterocycles. The van der Waals surface area contributed by atoms with Gasteiger partial charge in [0.1, 0.15) is 12.7 Å². The van der Waals surface area contributed by atoms with Crippen molar-refractivity contribution in [1.29, 1.82) is 0 Å². The minimum atomic E-state index is -0.615. The van der Waals surface area contributed by atoms with E-state index in [2.05, 4.69) is 15.4 Å². The van der Waals surface area contributed by atoms with E-state index in [1.54, 1.807) is 23.1 Å². The van der Waals surface area contributed by atoms with Crippen molar-refractivity contribution in [2.75, 3.05) is 5.32 Å². The molecule has 0 saturated carbocycles. The second-order valence-electron chi connectivity index (χ2n) is 4.49. The fourth-order valence-electron chi connectivity index (χ4n) is 1.97. The van der Waals surface area contributed by atoms with E-state index < -0.39 is 5.82 Å². The van der Waals surface area contributed by atoms with Crippen LogP contribution in [0.25, 0.3) is 5.69 Å². The molecule has 0 unspecified atom stereocenters. The van der Waals surface area contributed by atoms with E-state index >= 15 is 0 Å². The third-order valence-electron chi connectivity index (χ3n) is 3.10. The molecule has 3 rings (SSSR count). The summed E-state index contributed by atoms with van der Waals surface area (Å²) < 4.78 is 14.9. The predicted octanol–water partition coefficient (Wildman–Crippen LogP) is 2.72. The molecule has 0 amide bonds. The molecule has 5 nitrogen and oxygen atoms in total. The Kier molecular flexibility index (Phi) is 3.51. The Labute approximate surface area is 120 Å². The number of para-hydroxylation sites is 1. The van der Waals surface area contributed by atoms with Crippen LogP contribution in [-0.4, -0.2) is 19.9 Å². The van der Waals surface area contributed by atoms with Crippen LogP contribution in [0, 0.1) is 5.82 Å². The van der Waals surface area contributed by atoms with E-state index in [9.17, 15) is 9.50 Å². The highest BCUT2D eigenvalue weighted by Crippen LogP contribution is 2.22. The van der Waals surface area contributed by atoms with Crippen molar-refractivity contribution in [2.45, 2.75) is 6.54 Å². The highest BCUT2D eigenvalue weighted by atomic mass is 19.1. The molecule has 0 bridgehead atoms. The number of anilines is 1. The van der Waals surface area contributed by atoms with E-state index in [1.165, 1.54) is 12.4 Å². The second-order valence-corrected chi connectivity index (χ2v) is 4.49. The molecule has 3 aromatic rings. The molecule has 106 valence electrons. The van der Waals surface area contributed by atoms with Crippen molar-refractivity contribution in [3.63, 3.8) is 0 Å². The minimum Gasteiger partial charge on any atom is -0.505 e. The molecule has 1 aromatic heterocycles. The Morgan fingerprint density at radius 1 is 1.14 bits per heavy atom. The fourth-order valence-corrected chi connectivity index (χ4v) is 1.97. The number of aromatic nitrogens is 3. The number of nitrogens with zero attached hydrogens (tertiary/aromatic N) is 3. The Bertz CT molecular complexity index is 726. The van der Waals surface area contributed by atoms with E-state index in [-0.39, 0.29) is 5.75 Å². The number of halogens is 1. The summed E-state index contributed by atoms with van der Waals surface area (Å²) in [4.78, 5) is 3.89. The molecule has 0 aliphatic heterocycles. The molecule has 0 radical (unpaired) electrons. The van der Waals surface area contributed by atoms with Crippen molar-refractivity contribution in [3.05, 3.63) is 66.5 Å². The maximum atomic E-state index is 13.2. The van der Waals surface area contributed by atoms with Crippen LogP contribution in [0.3, 0.4) is 0 Å². The smallest absolute Gasteiger partial charge is 0.165 e. The number of hydrogen-bond acceptors (Lipinski definition) is 4. The van der Waals surface area contributed by atoms with Gasteiger partial charge in [-0.25, -0.2) is 14.1 Å². The zero-order valence-electron chi connectivity index (χ0n) is 11.1. The van der Waals surface area contributed by atoms with E-state index in [0.717, 1.165) is 11.4 Å². The van der Waals surface area contributed by atoms with Crippen molar-refractivity contribution in [2.24, 2.45) is 0 Å². The van der Waals surface area contributed by atoms with Crippen LogP contribution in [0.4, 0.5) is 10.1 Å². The maximum absolute atomic E-state index is 13.2. The van der Waals surface area contributed by atoms with Crippen molar-refractivity contribution in [1.82, 2.24) is 14.8 Å². The summed E-state index contributed by atoms with van der Waals surface area (Å²) in [5.41, 5.74) is 2.27. The van der Waals surface area contributed by atoms with Gasteiger partial charge in [0.05, 0.1) is 5.69 Å². The highest BCUT2D eigenvalue weighted by molar-refractivity contribution is 5.49. The lowest BCUT2D eigenvalue weighted by Crippen LogP contribution is -2.01. The van der Waals surface area contributed by atoms with Crippen molar-refractivity contribution >= 4 is 5.69 Å². The van der Waals surface area contributed by atoms with Gasteiger partial charge >= 0.3 is 0 Å². The standard InChI is InChI=1S/C15H13FN4O/c16-14-3-1-2-11(15(14)21)8-18-12-4-6-13(7-5-12)20-10-17-9-19-20/h1-7,9-10,18,21H,8H2. The molecule has 0 fully saturated rings. The summed E-state index contributed by atoms with van der Waals surface area (Å²) in [6, 6.07) is 12.0. The monoisotopic (exact) mass is 284 g/mol. The number of aromatic hydroxyl groups is 1. The first-order valence-corrected chi connectivity index (χ1v) is 6.39. The van der Waals surface area contributed by atoms with Crippen LogP contribution in [0.15, 0.2) is 55.1 Å². The Morgan fingerprint density at radius 3 is 2.67 bits per heavy atom. The largest absolute Gasteiger partial charge is 0.505 e. The molecule has 0 atom stereocenters. The topological polar surface area (TPSA) is 63.0 Å². The van der Waals surface area contributed by atoms with Crippen molar-refractivity contribution in [3.8, 4) is 11.4 Å². The lowest BCUT2D eigenvalue weighted by molar-refractivity contribution is 0.427. The first-order valence-electron chi connectivity index (χ1n) is 6.39. The number of rotatable bonds is 4. The van der Waals surface area contributed by atoms with Crippen LogP contribution in [-0.2, 0) is 6.54 Å². The summed E-state index contributed by atoms with van der Waals surface area (Å²) in [5.74, 6) is -0.930. The number of phenols is 1. The maximum Gasteiger partial charge on any atom is 0.165 e. The zero-order valence-corrected chi connectivity index (χ0v) is 11.1. The van der Waals surface area contributed by atoms with Crippen LogP contribution in [0.1, 0.15) is 5.56 Å². The van der Waals surface area contributed by atoms with Gasteiger partial charge in [-0.2, -0.15) is 5.10 Å².